The van der Waals surface area contributed by atoms with Crippen LogP contribution in [0.25, 0.3) is 5.69 Å². The van der Waals surface area contributed by atoms with Crippen LogP contribution in [-0.4, -0.2) is 49.7 Å². The monoisotopic (exact) mass is 577 g/mol. The molecule has 0 aliphatic carbocycles. The van der Waals surface area contributed by atoms with Gasteiger partial charge in [0.1, 0.15) is 12.4 Å². The lowest BCUT2D eigenvalue weighted by Crippen LogP contribution is -2.37. The highest BCUT2D eigenvalue weighted by Gasteiger charge is 2.08. The lowest BCUT2D eigenvalue weighted by atomic mass is 10.1. The smallest absolute Gasteiger partial charge is 0.191 e. The quantitative estimate of drug-likeness (QED) is 0.153. The van der Waals surface area contributed by atoms with Crippen LogP contribution in [-0.2, 0) is 17.7 Å². The number of aliphatic imine (C=N–C) groups is 1. The summed E-state index contributed by atoms with van der Waals surface area (Å²) in [5.74, 6) is 1.65. The Morgan fingerprint density at radius 3 is 2.56 bits per heavy atom. The predicted octanol–water partition coefficient (Wildman–Crippen LogP) is 4.43. The average Bonchev–Trinajstić information content (AvgIpc) is 3.20. The third kappa shape index (κ3) is 8.32. The summed E-state index contributed by atoms with van der Waals surface area (Å²) in [6.45, 7) is 6.67. The van der Waals surface area contributed by atoms with E-state index in [1.807, 2.05) is 22.9 Å². The van der Waals surface area contributed by atoms with Gasteiger partial charge in [-0.15, -0.1) is 24.0 Å². The number of methoxy groups -OCH3 is 1. The summed E-state index contributed by atoms with van der Waals surface area (Å²) in [7, 11) is 3.46. The Morgan fingerprint density at radius 2 is 1.82 bits per heavy atom. The number of nitrogens with zero attached hydrogens (tertiary/aromatic N) is 3. The molecular weight excluding hydrogens is 541 g/mol. The van der Waals surface area contributed by atoms with Crippen molar-refractivity contribution in [3.05, 3.63) is 77.1 Å². The van der Waals surface area contributed by atoms with E-state index in [-0.39, 0.29) is 24.0 Å². The first-order valence-corrected chi connectivity index (χ1v) is 11.4. The van der Waals surface area contributed by atoms with Crippen LogP contribution >= 0.6 is 24.0 Å². The first-order valence-electron chi connectivity index (χ1n) is 11.4. The molecule has 2 N–H and O–H groups in total. The second kappa shape index (κ2) is 14.6. The van der Waals surface area contributed by atoms with E-state index in [2.05, 4.69) is 71.1 Å². The molecule has 0 fully saturated rings. The van der Waals surface area contributed by atoms with E-state index in [1.54, 1.807) is 14.2 Å². The van der Waals surface area contributed by atoms with Crippen molar-refractivity contribution in [2.45, 2.75) is 33.2 Å². The van der Waals surface area contributed by atoms with Crippen molar-refractivity contribution >= 4 is 29.9 Å². The molecule has 0 unspecified atom stereocenters. The highest BCUT2D eigenvalue weighted by molar-refractivity contribution is 14.0. The number of rotatable bonds is 11. The Morgan fingerprint density at radius 1 is 1.03 bits per heavy atom. The molecule has 0 bridgehead atoms. The van der Waals surface area contributed by atoms with Gasteiger partial charge in [0.2, 0.25) is 0 Å². The van der Waals surface area contributed by atoms with E-state index in [0.717, 1.165) is 48.0 Å². The number of nitrogens with one attached hydrogen (secondary N) is 2. The van der Waals surface area contributed by atoms with Crippen molar-refractivity contribution in [1.82, 2.24) is 20.4 Å². The summed E-state index contributed by atoms with van der Waals surface area (Å²) in [6.07, 6.45) is 4.07. The van der Waals surface area contributed by atoms with Crippen LogP contribution in [0, 0.1) is 13.8 Å². The highest BCUT2D eigenvalue weighted by atomic mass is 127. The summed E-state index contributed by atoms with van der Waals surface area (Å²) in [5.41, 5.74) is 5.67. The summed E-state index contributed by atoms with van der Waals surface area (Å²) >= 11 is 0. The normalized spacial score (nSPS) is 11.1. The Bertz CT molecular complexity index is 1040. The lowest BCUT2D eigenvalue weighted by Gasteiger charge is -2.15. The second-order valence-corrected chi connectivity index (χ2v) is 7.93. The van der Waals surface area contributed by atoms with Crippen molar-refractivity contribution in [2.75, 3.05) is 33.9 Å². The van der Waals surface area contributed by atoms with Crippen molar-refractivity contribution in [1.29, 1.82) is 0 Å². The van der Waals surface area contributed by atoms with Crippen molar-refractivity contribution in [3.63, 3.8) is 0 Å². The number of hydrogen-bond donors (Lipinski definition) is 2. The molecule has 0 saturated heterocycles. The number of aryl methyl sites for hydroxylation is 3. The molecule has 3 rings (SSSR count). The molecule has 34 heavy (non-hydrogen) atoms. The lowest BCUT2D eigenvalue weighted by molar-refractivity contribution is 0.145. The van der Waals surface area contributed by atoms with Gasteiger partial charge in [0.15, 0.2) is 5.96 Å². The first-order chi connectivity index (χ1) is 16.1. The summed E-state index contributed by atoms with van der Waals surface area (Å²) < 4.78 is 12.9. The summed E-state index contributed by atoms with van der Waals surface area (Å²) in [6, 6.07) is 16.4. The van der Waals surface area contributed by atoms with Gasteiger partial charge < -0.3 is 20.1 Å². The van der Waals surface area contributed by atoms with Crippen LogP contribution < -0.4 is 15.4 Å². The third-order valence-corrected chi connectivity index (χ3v) is 5.37. The largest absolute Gasteiger partial charge is 0.491 e. The molecule has 0 aliphatic rings. The van der Waals surface area contributed by atoms with Crippen LogP contribution in [0.5, 0.6) is 5.75 Å². The van der Waals surface area contributed by atoms with Crippen LogP contribution in [0.15, 0.2) is 59.7 Å². The number of guanidine groups is 1. The van der Waals surface area contributed by atoms with Gasteiger partial charge in [-0.3, -0.25) is 4.99 Å². The molecular formula is C26H36IN5O2. The number of halogens is 1. The zero-order valence-corrected chi connectivity index (χ0v) is 22.8. The first kappa shape index (κ1) is 27.7. The highest BCUT2D eigenvalue weighted by Crippen LogP contribution is 2.20. The topological polar surface area (TPSA) is 72.7 Å². The number of para-hydroxylation sites is 1. The molecule has 1 heterocycles. The predicted molar refractivity (Wildman–Crippen MR) is 149 cm³/mol. The maximum absolute atomic E-state index is 5.88. The molecule has 184 valence electrons. The van der Waals surface area contributed by atoms with Crippen LogP contribution in [0.4, 0.5) is 0 Å². The molecule has 0 amide bonds. The molecule has 7 nitrogen and oxygen atoms in total. The van der Waals surface area contributed by atoms with Gasteiger partial charge in [-0.25, -0.2) is 4.68 Å². The van der Waals surface area contributed by atoms with Gasteiger partial charge >= 0.3 is 0 Å². The maximum Gasteiger partial charge on any atom is 0.191 e. The minimum absolute atomic E-state index is 0. The maximum atomic E-state index is 5.88. The van der Waals surface area contributed by atoms with Gasteiger partial charge in [-0.05, 0) is 56.0 Å². The van der Waals surface area contributed by atoms with E-state index < -0.39 is 0 Å². The fraction of sp³-hybridized carbons (Fsp3) is 0.385. The van der Waals surface area contributed by atoms with E-state index in [0.29, 0.717) is 19.8 Å². The minimum Gasteiger partial charge on any atom is -0.491 e. The van der Waals surface area contributed by atoms with Gasteiger partial charge in [0.25, 0.3) is 0 Å². The van der Waals surface area contributed by atoms with Gasteiger partial charge in [0, 0.05) is 39.0 Å². The van der Waals surface area contributed by atoms with Gasteiger partial charge in [-0.1, -0.05) is 30.3 Å². The van der Waals surface area contributed by atoms with E-state index in [1.165, 1.54) is 11.1 Å². The summed E-state index contributed by atoms with van der Waals surface area (Å²) in [4.78, 5) is 4.35. The van der Waals surface area contributed by atoms with E-state index in [9.17, 15) is 0 Å². The van der Waals surface area contributed by atoms with Crippen molar-refractivity contribution in [3.8, 4) is 11.4 Å². The Balaban J connectivity index is 0.00000408. The van der Waals surface area contributed by atoms with Crippen LogP contribution in [0.1, 0.15) is 28.8 Å². The molecule has 0 atom stereocenters. The zero-order chi connectivity index (χ0) is 23.5. The average molecular weight is 578 g/mol. The van der Waals surface area contributed by atoms with Crippen LogP contribution in [0.3, 0.4) is 0 Å². The standard InChI is InChI=1S/C26H35N5O2.HI/c1-20-12-13-22(25(17-20)33-16-15-32-4)18-29-26(27-3)28-14-8-9-23-19-31(30-21(23)2)24-10-6-5-7-11-24;/h5-7,10-13,17,19H,8-9,14-16,18H2,1-4H3,(H2,27,28,29);1H. The molecule has 0 saturated carbocycles. The van der Waals surface area contributed by atoms with Crippen LogP contribution in [0.2, 0.25) is 0 Å². The molecule has 0 radical (unpaired) electrons. The molecule has 2 aromatic carbocycles. The Kier molecular flexibility index (Phi) is 11.9. The molecule has 3 aromatic rings. The van der Waals surface area contributed by atoms with Crippen molar-refractivity contribution < 1.29 is 9.47 Å². The Hall–Kier alpha value is -2.59. The third-order valence-electron chi connectivity index (χ3n) is 5.37. The van der Waals surface area contributed by atoms with E-state index >= 15 is 0 Å². The number of benzene rings is 2. The SMILES string of the molecule is CN=C(NCCCc1cn(-c2ccccc2)nc1C)NCc1ccc(C)cc1OCCOC.I. The van der Waals surface area contributed by atoms with Gasteiger partial charge in [-0.2, -0.15) is 5.10 Å². The minimum atomic E-state index is 0. The van der Waals surface area contributed by atoms with Gasteiger partial charge in [0.05, 0.1) is 18.0 Å². The Labute approximate surface area is 220 Å². The molecule has 1 aromatic heterocycles. The van der Waals surface area contributed by atoms with Crippen molar-refractivity contribution in [2.24, 2.45) is 4.99 Å². The fourth-order valence-corrected chi connectivity index (χ4v) is 3.52. The molecule has 0 aliphatic heterocycles. The number of hydrogen-bond acceptors (Lipinski definition) is 4. The fourth-order valence-electron chi connectivity index (χ4n) is 3.52. The number of aromatic nitrogens is 2. The van der Waals surface area contributed by atoms with E-state index in [4.69, 9.17) is 9.47 Å². The molecule has 0 spiro atoms. The second-order valence-electron chi connectivity index (χ2n) is 7.93. The molecule has 8 heteroatoms. The summed E-state index contributed by atoms with van der Waals surface area (Å²) in [5, 5.41) is 11.4. The zero-order valence-electron chi connectivity index (χ0n) is 20.5. The number of ether oxygens (including phenoxy) is 2.